The lowest BCUT2D eigenvalue weighted by molar-refractivity contribution is 0.0697. The summed E-state index contributed by atoms with van der Waals surface area (Å²) in [5.41, 5.74) is 2.95. The van der Waals surface area contributed by atoms with E-state index in [4.69, 9.17) is 9.15 Å². The molecule has 0 spiro atoms. The summed E-state index contributed by atoms with van der Waals surface area (Å²) >= 11 is 0. The Hall–Kier alpha value is -2.82. The normalized spacial score (nSPS) is 16.8. The van der Waals surface area contributed by atoms with E-state index in [1.807, 2.05) is 12.1 Å². The van der Waals surface area contributed by atoms with Crippen LogP contribution in [0.25, 0.3) is 11.0 Å². The van der Waals surface area contributed by atoms with Gasteiger partial charge in [-0.3, -0.25) is 4.98 Å². The second kappa shape index (κ2) is 5.67. The van der Waals surface area contributed by atoms with Crippen LogP contribution >= 0.6 is 0 Å². The van der Waals surface area contributed by atoms with Gasteiger partial charge in [0, 0.05) is 22.8 Å². The molecule has 0 bridgehead atoms. The molecule has 0 saturated heterocycles. The van der Waals surface area contributed by atoms with E-state index in [1.165, 1.54) is 0 Å². The van der Waals surface area contributed by atoms with Gasteiger partial charge in [0.25, 0.3) is 0 Å². The molecule has 4 rings (SSSR count). The fourth-order valence-electron chi connectivity index (χ4n) is 3.39. The van der Waals surface area contributed by atoms with Gasteiger partial charge < -0.3 is 14.3 Å². The van der Waals surface area contributed by atoms with Gasteiger partial charge in [-0.15, -0.1) is 0 Å². The highest BCUT2D eigenvalue weighted by molar-refractivity contribution is 6.03. The molecular formula is C19H17NO4. The monoisotopic (exact) mass is 323 g/mol. The molecule has 0 amide bonds. The van der Waals surface area contributed by atoms with Crippen molar-refractivity contribution in [1.82, 2.24) is 4.98 Å². The number of hydrogen-bond acceptors (Lipinski definition) is 4. The molecule has 1 aromatic carbocycles. The predicted molar refractivity (Wildman–Crippen MR) is 88.5 cm³/mol. The first kappa shape index (κ1) is 14.8. The molecule has 2 heterocycles. The molecule has 3 aromatic rings. The van der Waals surface area contributed by atoms with E-state index in [0.29, 0.717) is 22.5 Å². The average Bonchev–Trinajstić information content (AvgIpc) is 2.90. The van der Waals surface area contributed by atoms with Gasteiger partial charge in [-0.2, -0.15) is 0 Å². The minimum Gasteiger partial charge on any atom is -0.486 e. The summed E-state index contributed by atoms with van der Waals surface area (Å²) in [6, 6.07) is 9.31. The Morgan fingerprint density at radius 1 is 1.38 bits per heavy atom. The lowest BCUT2D eigenvalue weighted by Crippen LogP contribution is -2.16. The first-order valence-electron chi connectivity index (χ1n) is 8.00. The molecule has 0 fully saturated rings. The summed E-state index contributed by atoms with van der Waals surface area (Å²) in [6.45, 7) is 1.66. The minimum atomic E-state index is -0.990. The molecule has 1 aliphatic carbocycles. The molecule has 1 atom stereocenters. The highest BCUT2D eigenvalue weighted by Crippen LogP contribution is 2.35. The molecule has 0 aliphatic heterocycles. The quantitative estimate of drug-likeness (QED) is 0.778. The SMILES string of the molecule is Cc1oc2ccc(OC3CCCc4ncccc43)cc2c1C(=O)O. The lowest BCUT2D eigenvalue weighted by atomic mass is 9.93. The number of benzene rings is 1. The highest BCUT2D eigenvalue weighted by atomic mass is 16.5. The Balaban J connectivity index is 1.71. The van der Waals surface area contributed by atoms with Gasteiger partial charge in [0.2, 0.25) is 0 Å². The lowest BCUT2D eigenvalue weighted by Gasteiger charge is -2.25. The van der Waals surface area contributed by atoms with E-state index < -0.39 is 5.97 Å². The van der Waals surface area contributed by atoms with Gasteiger partial charge in [0.15, 0.2) is 0 Å². The molecule has 0 saturated carbocycles. The number of rotatable bonds is 3. The van der Waals surface area contributed by atoms with Crippen molar-refractivity contribution in [2.75, 3.05) is 0 Å². The van der Waals surface area contributed by atoms with Gasteiger partial charge in [-0.05, 0) is 50.5 Å². The van der Waals surface area contributed by atoms with Crippen LogP contribution in [-0.2, 0) is 6.42 Å². The summed E-state index contributed by atoms with van der Waals surface area (Å²) in [6.07, 6.45) is 4.68. The van der Waals surface area contributed by atoms with Crippen LogP contribution < -0.4 is 4.74 Å². The van der Waals surface area contributed by atoms with Gasteiger partial charge >= 0.3 is 5.97 Å². The van der Waals surface area contributed by atoms with Crippen LogP contribution in [0.1, 0.15) is 46.3 Å². The standard InChI is InChI=1S/C19H17NO4/c1-11-18(19(21)22)14-10-12(7-8-17(14)23-11)24-16-6-2-5-15-13(16)4-3-9-20-15/h3-4,7-10,16H,2,5-6H2,1H3,(H,21,22). The number of ether oxygens (including phenoxy) is 1. The van der Waals surface area contributed by atoms with Gasteiger partial charge in [-0.1, -0.05) is 6.07 Å². The number of carboxylic acid groups (broad SMARTS) is 1. The van der Waals surface area contributed by atoms with Crippen molar-refractivity contribution in [3.05, 3.63) is 59.1 Å². The fraction of sp³-hybridized carbons (Fsp3) is 0.263. The number of aryl methyl sites for hydroxylation is 2. The third-order valence-electron chi connectivity index (χ3n) is 4.48. The molecule has 1 N–H and O–H groups in total. The summed E-state index contributed by atoms with van der Waals surface area (Å²) in [4.78, 5) is 15.9. The van der Waals surface area contributed by atoms with Crippen molar-refractivity contribution in [2.45, 2.75) is 32.3 Å². The topological polar surface area (TPSA) is 72.6 Å². The van der Waals surface area contributed by atoms with Crippen molar-refractivity contribution < 1.29 is 19.1 Å². The van der Waals surface area contributed by atoms with Gasteiger partial charge in [-0.25, -0.2) is 4.79 Å². The summed E-state index contributed by atoms with van der Waals surface area (Å²) < 4.78 is 11.7. The van der Waals surface area contributed by atoms with Crippen molar-refractivity contribution in [3.63, 3.8) is 0 Å². The van der Waals surface area contributed by atoms with Crippen LogP contribution in [0.2, 0.25) is 0 Å². The highest BCUT2D eigenvalue weighted by Gasteiger charge is 2.23. The number of hydrogen-bond donors (Lipinski definition) is 1. The number of pyridine rings is 1. The second-order valence-electron chi connectivity index (χ2n) is 6.03. The number of carbonyl (C=O) groups is 1. The van der Waals surface area contributed by atoms with Crippen LogP contribution in [-0.4, -0.2) is 16.1 Å². The van der Waals surface area contributed by atoms with Gasteiger partial charge in [0.1, 0.15) is 28.8 Å². The zero-order valence-corrected chi connectivity index (χ0v) is 13.3. The van der Waals surface area contributed by atoms with Crippen molar-refractivity contribution in [1.29, 1.82) is 0 Å². The zero-order chi connectivity index (χ0) is 16.7. The largest absolute Gasteiger partial charge is 0.486 e. The van der Waals surface area contributed by atoms with Crippen LogP contribution in [0.5, 0.6) is 5.75 Å². The first-order chi connectivity index (χ1) is 11.6. The first-order valence-corrected chi connectivity index (χ1v) is 8.00. The predicted octanol–water partition coefficient (Wildman–Crippen LogP) is 4.29. The Labute approximate surface area is 138 Å². The van der Waals surface area contributed by atoms with Crippen LogP contribution in [0.3, 0.4) is 0 Å². The fourth-order valence-corrected chi connectivity index (χ4v) is 3.39. The van der Waals surface area contributed by atoms with E-state index in [9.17, 15) is 9.90 Å². The third kappa shape index (κ3) is 2.42. The molecule has 5 nitrogen and oxygen atoms in total. The van der Waals surface area contributed by atoms with Gasteiger partial charge in [0.05, 0.1) is 0 Å². The van der Waals surface area contributed by atoms with E-state index in [0.717, 1.165) is 30.5 Å². The Morgan fingerprint density at radius 2 is 2.25 bits per heavy atom. The number of aromatic nitrogens is 1. The van der Waals surface area contributed by atoms with Crippen molar-refractivity contribution in [2.24, 2.45) is 0 Å². The second-order valence-corrected chi connectivity index (χ2v) is 6.03. The number of aromatic carboxylic acids is 1. The number of carboxylic acids is 1. The number of nitrogens with zero attached hydrogens (tertiary/aromatic N) is 1. The van der Waals surface area contributed by atoms with E-state index in [2.05, 4.69) is 11.1 Å². The Morgan fingerprint density at radius 3 is 3.08 bits per heavy atom. The molecular weight excluding hydrogens is 306 g/mol. The number of furan rings is 1. The number of fused-ring (bicyclic) bond motifs is 2. The molecule has 5 heteroatoms. The molecule has 0 radical (unpaired) electrons. The van der Waals surface area contributed by atoms with Crippen LogP contribution in [0.15, 0.2) is 40.9 Å². The Bertz CT molecular complexity index is 928. The molecule has 24 heavy (non-hydrogen) atoms. The maximum atomic E-state index is 11.5. The summed E-state index contributed by atoms with van der Waals surface area (Å²) in [7, 11) is 0. The third-order valence-corrected chi connectivity index (χ3v) is 4.48. The summed E-state index contributed by atoms with van der Waals surface area (Å²) in [5, 5.41) is 9.96. The molecule has 1 unspecified atom stereocenters. The van der Waals surface area contributed by atoms with Crippen LogP contribution in [0.4, 0.5) is 0 Å². The summed E-state index contributed by atoms with van der Waals surface area (Å²) in [5.74, 6) is 0.0602. The van der Waals surface area contributed by atoms with E-state index in [-0.39, 0.29) is 11.7 Å². The van der Waals surface area contributed by atoms with E-state index in [1.54, 1.807) is 25.3 Å². The molecule has 1 aliphatic rings. The van der Waals surface area contributed by atoms with Crippen LogP contribution in [0, 0.1) is 6.92 Å². The average molecular weight is 323 g/mol. The molecule has 2 aromatic heterocycles. The minimum absolute atomic E-state index is 0.0545. The van der Waals surface area contributed by atoms with Crippen molar-refractivity contribution >= 4 is 16.9 Å². The zero-order valence-electron chi connectivity index (χ0n) is 13.3. The smallest absolute Gasteiger partial charge is 0.339 e. The maximum absolute atomic E-state index is 11.5. The Kier molecular flexibility index (Phi) is 3.49. The van der Waals surface area contributed by atoms with Crippen molar-refractivity contribution in [3.8, 4) is 5.75 Å². The van der Waals surface area contributed by atoms with E-state index >= 15 is 0 Å². The maximum Gasteiger partial charge on any atom is 0.339 e. The molecule has 122 valence electrons.